The highest BCUT2D eigenvalue weighted by molar-refractivity contribution is 5.87. The van der Waals surface area contributed by atoms with Crippen LogP contribution in [0.2, 0.25) is 0 Å². The number of anilines is 1. The van der Waals surface area contributed by atoms with Crippen LogP contribution in [0.25, 0.3) is 22.4 Å². The number of rotatable bonds is 2. The molecule has 0 spiro atoms. The van der Waals surface area contributed by atoms with Gasteiger partial charge in [0, 0.05) is 30.4 Å². The average Bonchev–Trinajstić information content (AvgIpc) is 2.82. The summed E-state index contributed by atoms with van der Waals surface area (Å²) in [5.74, 6) is 0.475. The van der Waals surface area contributed by atoms with E-state index in [1.807, 2.05) is 31.3 Å². The van der Waals surface area contributed by atoms with Gasteiger partial charge >= 0.3 is 0 Å². The van der Waals surface area contributed by atoms with Crippen LogP contribution >= 0.6 is 0 Å². The van der Waals surface area contributed by atoms with Gasteiger partial charge in [-0.1, -0.05) is 0 Å². The van der Waals surface area contributed by atoms with E-state index in [0.29, 0.717) is 5.82 Å². The van der Waals surface area contributed by atoms with Gasteiger partial charge in [-0.3, -0.25) is 15.1 Å². The SMILES string of the molecule is Cc1cncc(-c2[nH]nc(N)c2-c2ccncc2)c1. The number of hydrogen-bond acceptors (Lipinski definition) is 4. The second kappa shape index (κ2) is 4.53. The van der Waals surface area contributed by atoms with Crippen LogP contribution in [0.4, 0.5) is 5.82 Å². The number of H-pyrrole nitrogens is 1. The summed E-state index contributed by atoms with van der Waals surface area (Å²) in [7, 11) is 0. The normalized spacial score (nSPS) is 10.6. The summed E-state index contributed by atoms with van der Waals surface area (Å²) in [6.07, 6.45) is 7.08. The molecule has 3 N–H and O–H groups in total. The van der Waals surface area contributed by atoms with E-state index >= 15 is 0 Å². The first-order chi connectivity index (χ1) is 9.25. The van der Waals surface area contributed by atoms with Crippen LogP contribution < -0.4 is 5.73 Å². The van der Waals surface area contributed by atoms with E-state index in [0.717, 1.165) is 27.9 Å². The number of nitrogens with zero attached hydrogens (tertiary/aromatic N) is 3. The highest BCUT2D eigenvalue weighted by Crippen LogP contribution is 2.34. The summed E-state index contributed by atoms with van der Waals surface area (Å²) in [5, 5.41) is 7.08. The Kier molecular flexibility index (Phi) is 2.72. The molecule has 3 heterocycles. The predicted octanol–water partition coefficient (Wildman–Crippen LogP) is 2.42. The number of aromatic nitrogens is 4. The van der Waals surface area contributed by atoms with E-state index in [4.69, 9.17) is 5.73 Å². The predicted molar refractivity (Wildman–Crippen MR) is 74.2 cm³/mol. The highest BCUT2D eigenvalue weighted by Gasteiger charge is 2.14. The van der Waals surface area contributed by atoms with Crippen molar-refractivity contribution >= 4 is 5.82 Å². The van der Waals surface area contributed by atoms with Gasteiger partial charge in [0.1, 0.15) is 0 Å². The Bertz CT molecular complexity index is 703. The maximum absolute atomic E-state index is 5.97. The van der Waals surface area contributed by atoms with Gasteiger partial charge in [-0.05, 0) is 36.2 Å². The Morgan fingerprint density at radius 1 is 1.05 bits per heavy atom. The van der Waals surface area contributed by atoms with Gasteiger partial charge in [0.15, 0.2) is 5.82 Å². The second-order valence-electron chi connectivity index (χ2n) is 4.35. The maximum Gasteiger partial charge on any atom is 0.153 e. The van der Waals surface area contributed by atoms with E-state index in [9.17, 15) is 0 Å². The molecule has 3 rings (SSSR count). The molecule has 0 bridgehead atoms. The third-order valence-electron chi connectivity index (χ3n) is 2.93. The largest absolute Gasteiger partial charge is 0.382 e. The van der Waals surface area contributed by atoms with Crippen LogP contribution in [0.15, 0.2) is 43.0 Å². The number of pyridine rings is 2. The summed E-state index contributed by atoms with van der Waals surface area (Å²) >= 11 is 0. The van der Waals surface area contributed by atoms with Gasteiger partial charge in [-0.15, -0.1) is 0 Å². The fourth-order valence-corrected chi connectivity index (χ4v) is 2.07. The molecule has 0 aliphatic rings. The maximum atomic E-state index is 5.97. The smallest absolute Gasteiger partial charge is 0.153 e. The van der Waals surface area contributed by atoms with Crippen molar-refractivity contribution in [1.82, 2.24) is 20.2 Å². The molecule has 94 valence electrons. The minimum Gasteiger partial charge on any atom is -0.382 e. The van der Waals surface area contributed by atoms with E-state index < -0.39 is 0 Å². The molecule has 0 amide bonds. The minimum absolute atomic E-state index is 0.475. The highest BCUT2D eigenvalue weighted by atomic mass is 15.2. The zero-order chi connectivity index (χ0) is 13.2. The third-order valence-corrected chi connectivity index (χ3v) is 2.93. The van der Waals surface area contributed by atoms with Gasteiger partial charge < -0.3 is 5.73 Å². The molecule has 0 fully saturated rings. The Hall–Kier alpha value is -2.69. The quantitative estimate of drug-likeness (QED) is 0.733. The van der Waals surface area contributed by atoms with Crippen LogP contribution in [-0.4, -0.2) is 20.2 Å². The minimum atomic E-state index is 0.475. The molecule has 0 aliphatic carbocycles. The summed E-state index contributed by atoms with van der Waals surface area (Å²) in [5.41, 5.74) is 10.8. The molecule has 0 saturated heterocycles. The monoisotopic (exact) mass is 251 g/mol. The van der Waals surface area contributed by atoms with Crippen molar-refractivity contribution in [2.45, 2.75) is 6.92 Å². The van der Waals surface area contributed by atoms with Crippen molar-refractivity contribution in [1.29, 1.82) is 0 Å². The van der Waals surface area contributed by atoms with Gasteiger partial charge in [0.25, 0.3) is 0 Å². The molecule has 0 unspecified atom stereocenters. The Balaban J connectivity index is 2.19. The molecular formula is C14H13N5. The lowest BCUT2D eigenvalue weighted by atomic mass is 10.0. The standard InChI is InChI=1S/C14H13N5/c1-9-6-11(8-17-7-9)13-12(14(15)19-18-13)10-2-4-16-5-3-10/h2-8H,1H3,(H3,15,18,19). The molecule has 5 nitrogen and oxygen atoms in total. The van der Waals surface area contributed by atoms with E-state index in [2.05, 4.69) is 20.2 Å². The fourth-order valence-electron chi connectivity index (χ4n) is 2.07. The van der Waals surface area contributed by atoms with E-state index in [-0.39, 0.29) is 0 Å². The molecular weight excluding hydrogens is 238 g/mol. The molecule has 0 saturated carbocycles. The van der Waals surface area contributed by atoms with E-state index in [1.165, 1.54) is 0 Å². The van der Waals surface area contributed by atoms with Crippen LogP contribution in [0.5, 0.6) is 0 Å². The van der Waals surface area contributed by atoms with Gasteiger partial charge in [0.05, 0.1) is 11.3 Å². The topological polar surface area (TPSA) is 80.5 Å². The number of aryl methyl sites for hydroxylation is 1. The van der Waals surface area contributed by atoms with Crippen molar-refractivity contribution < 1.29 is 0 Å². The summed E-state index contributed by atoms with van der Waals surface area (Å²) in [6.45, 7) is 2.00. The zero-order valence-corrected chi connectivity index (χ0v) is 10.5. The average molecular weight is 251 g/mol. The van der Waals surface area contributed by atoms with Crippen LogP contribution in [0, 0.1) is 6.92 Å². The lowest BCUT2D eigenvalue weighted by Crippen LogP contribution is -1.89. The molecule has 3 aromatic heterocycles. The molecule has 3 aromatic rings. The molecule has 0 radical (unpaired) electrons. The van der Waals surface area contributed by atoms with Crippen LogP contribution in [0.1, 0.15) is 5.56 Å². The fraction of sp³-hybridized carbons (Fsp3) is 0.0714. The summed E-state index contributed by atoms with van der Waals surface area (Å²) in [4.78, 5) is 8.22. The lowest BCUT2D eigenvalue weighted by molar-refractivity contribution is 1.10. The zero-order valence-electron chi connectivity index (χ0n) is 10.5. The van der Waals surface area contributed by atoms with Crippen molar-refractivity contribution in [2.75, 3.05) is 5.73 Å². The Labute approximate surface area is 110 Å². The van der Waals surface area contributed by atoms with Crippen molar-refractivity contribution in [2.24, 2.45) is 0 Å². The summed E-state index contributed by atoms with van der Waals surface area (Å²) in [6, 6.07) is 5.87. The van der Waals surface area contributed by atoms with Crippen LogP contribution in [0.3, 0.4) is 0 Å². The van der Waals surface area contributed by atoms with Gasteiger partial charge in [-0.2, -0.15) is 5.10 Å². The van der Waals surface area contributed by atoms with Gasteiger partial charge in [-0.25, -0.2) is 0 Å². The summed E-state index contributed by atoms with van der Waals surface area (Å²) < 4.78 is 0. The van der Waals surface area contributed by atoms with Crippen LogP contribution in [-0.2, 0) is 0 Å². The first-order valence-electron chi connectivity index (χ1n) is 5.92. The third kappa shape index (κ3) is 2.06. The number of hydrogen-bond donors (Lipinski definition) is 2. The molecule has 19 heavy (non-hydrogen) atoms. The van der Waals surface area contributed by atoms with Crippen molar-refractivity contribution in [3.8, 4) is 22.4 Å². The Morgan fingerprint density at radius 2 is 1.84 bits per heavy atom. The van der Waals surface area contributed by atoms with E-state index in [1.54, 1.807) is 18.6 Å². The first kappa shape index (κ1) is 11.4. The van der Waals surface area contributed by atoms with Crippen molar-refractivity contribution in [3.05, 3.63) is 48.5 Å². The molecule has 0 aromatic carbocycles. The Morgan fingerprint density at radius 3 is 2.58 bits per heavy atom. The number of nitrogens with two attached hydrogens (primary N) is 1. The molecule has 0 atom stereocenters. The number of nitrogens with one attached hydrogen (secondary N) is 1. The van der Waals surface area contributed by atoms with Gasteiger partial charge in [0.2, 0.25) is 0 Å². The number of aromatic amines is 1. The first-order valence-corrected chi connectivity index (χ1v) is 5.92. The van der Waals surface area contributed by atoms with Crippen molar-refractivity contribution in [3.63, 3.8) is 0 Å². The lowest BCUT2D eigenvalue weighted by Gasteiger charge is -2.04. The second-order valence-corrected chi connectivity index (χ2v) is 4.35. The molecule has 0 aliphatic heterocycles. The number of nitrogen functional groups attached to an aromatic ring is 1. The molecule has 5 heteroatoms.